The van der Waals surface area contributed by atoms with E-state index in [-0.39, 0.29) is 17.8 Å². The van der Waals surface area contributed by atoms with Crippen molar-refractivity contribution in [2.24, 2.45) is 5.73 Å². The fourth-order valence-electron chi connectivity index (χ4n) is 2.72. The summed E-state index contributed by atoms with van der Waals surface area (Å²) in [7, 11) is 0. The van der Waals surface area contributed by atoms with Crippen molar-refractivity contribution in [1.29, 1.82) is 0 Å². The summed E-state index contributed by atoms with van der Waals surface area (Å²) in [5.74, 6) is 0.179. The van der Waals surface area contributed by atoms with Crippen LogP contribution in [0.25, 0.3) is 0 Å². The molecule has 0 aliphatic carbocycles. The van der Waals surface area contributed by atoms with Gasteiger partial charge in [-0.3, -0.25) is 0 Å². The molecule has 3 heteroatoms. The highest BCUT2D eigenvalue weighted by atomic mass is 19.1. The highest BCUT2D eigenvalue weighted by Crippen LogP contribution is 2.30. The van der Waals surface area contributed by atoms with Crippen LogP contribution < -0.4 is 5.73 Å². The molecule has 1 aromatic carbocycles. The zero-order chi connectivity index (χ0) is 13.8. The van der Waals surface area contributed by atoms with Gasteiger partial charge in [0.1, 0.15) is 5.82 Å². The lowest BCUT2D eigenvalue weighted by atomic mass is 9.92. The molecule has 19 heavy (non-hydrogen) atoms. The molecule has 1 aliphatic heterocycles. The van der Waals surface area contributed by atoms with Crippen molar-refractivity contribution in [2.75, 3.05) is 13.2 Å². The summed E-state index contributed by atoms with van der Waals surface area (Å²) in [6, 6.07) is 4.24. The van der Waals surface area contributed by atoms with Gasteiger partial charge in [0.25, 0.3) is 0 Å². The van der Waals surface area contributed by atoms with Crippen LogP contribution in [0.15, 0.2) is 12.1 Å². The van der Waals surface area contributed by atoms with Gasteiger partial charge in [0.15, 0.2) is 0 Å². The first-order chi connectivity index (χ1) is 9.08. The van der Waals surface area contributed by atoms with Gasteiger partial charge in [-0.15, -0.1) is 0 Å². The minimum Gasteiger partial charge on any atom is -0.381 e. The van der Waals surface area contributed by atoms with E-state index in [1.54, 1.807) is 0 Å². The molecule has 1 aliphatic rings. The minimum atomic E-state index is -0.0496. The lowest BCUT2D eigenvalue weighted by Crippen LogP contribution is -2.14. The van der Waals surface area contributed by atoms with Crippen molar-refractivity contribution in [3.63, 3.8) is 0 Å². The molecule has 0 amide bonds. The van der Waals surface area contributed by atoms with Crippen molar-refractivity contribution in [1.82, 2.24) is 0 Å². The number of rotatable bonds is 5. The van der Waals surface area contributed by atoms with Gasteiger partial charge in [-0.1, -0.05) is 12.1 Å². The van der Waals surface area contributed by atoms with Gasteiger partial charge >= 0.3 is 0 Å². The van der Waals surface area contributed by atoms with E-state index in [0.29, 0.717) is 6.61 Å². The molecule has 0 bridgehead atoms. The Balaban J connectivity index is 2.11. The normalized spacial score (nSPS) is 20.7. The molecular formula is C16H24FNO. The molecule has 2 N–H and O–H groups in total. The van der Waals surface area contributed by atoms with Crippen LogP contribution in [0, 0.1) is 12.7 Å². The van der Waals surface area contributed by atoms with Crippen LogP contribution in [0.2, 0.25) is 0 Å². The highest BCUT2D eigenvalue weighted by Gasteiger charge is 2.22. The van der Waals surface area contributed by atoms with Crippen LogP contribution in [0.1, 0.15) is 48.8 Å². The molecule has 1 fully saturated rings. The van der Waals surface area contributed by atoms with Crippen molar-refractivity contribution in [2.45, 2.75) is 51.5 Å². The van der Waals surface area contributed by atoms with Crippen molar-refractivity contribution >= 4 is 0 Å². The fourth-order valence-corrected chi connectivity index (χ4v) is 2.72. The van der Waals surface area contributed by atoms with E-state index in [9.17, 15) is 4.39 Å². The topological polar surface area (TPSA) is 35.2 Å². The van der Waals surface area contributed by atoms with Gasteiger partial charge in [-0.2, -0.15) is 0 Å². The Morgan fingerprint density at radius 2 is 2.26 bits per heavy atom. The van der Waals surface area contributed by atoms with Crippen molar-refractivity contribution in [3.8, 4) is 0 Å². The van der Waals surface area contributed by atoms with Crippen molar-refractivity contribution < 1.29 is 9.13 Å². The van der Waals surface area contributed by atoms with Crippen LogP contribution >= 0.6 is 0 Å². The maximum atomic E-state index is 14.2. The standard InChI is InChI=1S/C16H24FNO/c1-11-8-13(5-3-4-12(2)18)9-15(16(11)17)14-6-7-19-10-14/h8-9,12,14H,3-7,10,18H2,1-2H3/t12-,14?/m0/s1. The van der Waals surface area contributed by atoms with Gasteiger partial charge in [-0.05, 0) is 56.2 Å². The van der Waals surface area contributed by atoms with Gasteiger partial charge in [0, 0.05) is 18.6 Å². The van der Waals surface area contributed by atoms with E-state index >= 15 is 0 Å². The number of halogens is 1. The van der Waals surface area contributed by atoms with E-state index in [4.69, 9.17) is 10.5 Å². The summed E-state index contributed by atoms with van der Waals surface area (Å²) in [4.78, 5) is 0. The van der Waals surface area contributed by atoms with Gasteiger partial charge in [0.05, 0.1) is 6.61 Å². The van der Waals surface area contributed by atoms with Gasteiger partial charge < -0.3 is 10.5 Å². The number of nitrogens with two attached hydrogens (primary N) is 1. The average Bonchev–Trinajstić information content (AvgIpc) is 2.86. The molecule has 1 aromatic rings. The van der Waals surface area contributed by atoms with E-state index in [2.05, 4.69) is 0 Å². The van der Waals surface area contributed by atoms with Crippen LogP contribution in [0.4, 0.5) is 4.39 Å². The average molecular weight is 265 g/mol. The second-order valence-corrected chi connectivity index (χ2v) is 5.75. The predicted octanol–water partition coefficient (Wildman–Crippen LogP) is 3.31. The molecule has 2 nitrogen and oxygen atoms in total. The number of aryl methyl sites for hydroxylation is 2. The first-order valence-corrected chi connectivity index (χ1v) is 7.20. The Morgan fingerprint density at radius 3 is 2.89 bits per heavy atom. The Labute approximate surface area is 115 Å². The maximum absolute atomic E-state index is 14.2. The van der Waals surface area contributed by atoms with E-state index in [0.717, 1.165) is 43.4 Å². The summed E-state index contributed by atoms with van der Waals surface area (Å²) in [5, 5.41) is 0. The monoisotopic (exact) mass is 265 g/mol. The third-order valence-corrected chi connectivity index (χ3v) is 3.84. The smallest absolute Gasteiger partial charge is 0.129 e. The molecule has 0 radical (unpaired) electrons. The molecule has 0 saturated carbocycles. The molecule has 0 aromatic heterocycles. The number of ether oxygens (including phenoxy) is 1. The fraction of sp³-hybridized carbons (Fsp3) is 0.625. The molecule has 2 rings (SSSR count). The lowest BCUT2D eigenvalue weighted by molar-refractivity contribution is 0.193. The predicted molar refractivity (Wildman–Crippen MR) is 75.9 cm³/mol. The second kappa shape index (κ2) is 6.49. The quantitative estimate of drug-likeness (QED) is 0.886. The Morgan fingerprint density at radius 1 is 1.47 bits per heavy atom. The number of benzene rings is 1. The van der Waals surface area contributed by atoms with Crippen LogP contribution in [0.3, 0.4) is 0 Å². The zero-order valence-corrected chi connectivity index (χ0v) is 11.9. The Bertz CT molecular complexity index is 425. The summed E-state index contributed by atoms with van der Waals surface area (Å²) >= 11 is 0. The summed E-state index contributed by atoms with van der Waals surface area (Å²) in [5.41, 5.74) is 8.58. The third-order valence-electron chi connectivity index (χ3n) is 3.84. The molecule has 2 atom stereocenters. The van der Waals surface area contributed by atoms with E-state index in [1.165, 1.54) is 5.56 Å². The Kier molecular flexibility index (Phi) is 4.94. The van der Waals surface area contributed by atoms with Gasteiger partial charge in [-0.25, -0.2) is 4.39 Å². The zero-order valence-electron chi connectivity index (χ0n) is 11.9. The lowest BCUT2D eigenvalue weighted by Gasteiger charge is -2.14. The minimum absolute atomic E-state index is 0.0496. The summed E-state index contributed by atoms with van der Waals surface area (Å²) in [6.07, 6.45) is 3.98. The molecule has 106 valence electrons. The van der Waals surface area contributed by atoms with Gasteiger partial charge in [0.2, 0.25) is 0 Å². The molecule has 1 saturated heterocycles. The second-order valence-electron chi connectivity index (χ2n) is 5.75. The van der Waals surface area contributed by atoms with Crippen LogP contribution in [-0.4, -0.2) is 19.3 Å². The number of hydrogen-bond donors (Lipinski definition) is 1. The molecule has 1 heterocycles. The SMILES string of the molecule is Cc1cc(CCC[C@H](C)N)cc(C2CCOC2)c1F. The van der Waals surface area contributed by atoms with Crippen LogP contribution in [0.5, 0.6) is 0 Å². The molecule has 0 spiro atoms. The molecule has 1 unspecified atom stereocenters. The van der Waals surface area contributed by atoms with E-state index < -0.39 is 0 Å². The van der Waals surface area contributed by atoms with E-state index in [1.807, 2.05) is 26.0 Å². The maximum Gasteiger partial charge on any atom is 0.129 e. The van der Waals surface area contributed by atoms with Crippen LogP contribution in [-0.2, 0) is 11.2 Å². The highest BCUT2D eigenvalue weighted by molar-refractivity contribution is 5.34. The number of hydrogen-bond acceptors (Lipinski definition) is 2. The Hall–Kier alpha value is -0.930. The first-order valence-electron chi connectivity index (χ1n) is 7.20. The largest absolute Gasteiger partial charge is 0.381 e. The first kappa shape index (κ1) is 14.5. The third kappa shape index (κ3) is 3.77. The molecular weight excluding hydrogens is 241 g/mol. The van der Waals surface area contributed by atoms with Crippen molar-refractivity contribution in [3.05, 3.63) is 34.6 Å². The summed E-state index contributed by atoms with van der Waals surface area (Å²) < 4.78 is 19.6. The summed E-state index contributed by atoms with van der Waals surface area (Å²) in [6.45, 7) is 5.28.